The number of H-pyrrole nitrogens is 1. The summed E-state index contributed by atoms with van der Waals surface area (Å²) in [6.07, 6.45) is 7.69. The summed E-state index contributed by atoms with van der Waals surface area (Å²) < 4.78 is 13.3. The first-order chi connectivity index (χ1) is 11.8. The average Bonchev–Trinajstić information content (AvgIpc) is 3.09. The molecule has 1 aliphatic rings. The van der Waals surface area contributed by atoms with Gasteiger partial charge in [0.15, 0.2) is 0 Å². The highest BCUT2D eigenvalue weighted by Gasteiger charge is 2.20. The third-order valence-electron chi connectivity index (χ3n) is 4.56. The Balaban J connectivity index is 1.82. The molecular formula is C21H19FN2. The minimum Gasteiger partial charge on any atom is -0.341 e. The van der Waals surface area contributed by atoms with Crippen molar-refractivity contribution in [3.63, 3.8) is 0 Å². The lowest BCUT2D eigenvalue weighted by atomic mass is 9.94. The molecule has 24 heavy (non-hydrogen) atoms. The van der Waals surface area contributed by atoms with E-state index in [4.69, 9.17) is 4.98 Å². The minimum atomic E-state index is -0.225. The molecule has 0 bridgehead atoms. The van der Waals surface area contributed by atoms with E-state index < -0.39 is 0 Å². The number of imidazole rings is 1. The lowest BCUT2D eigenvalue weighted by Gasteiger charge is -2.14. The Bertz CT molecular complexity index is 847. The molecule has 1 heterocycles. The predicted octanol–water partition coefficient (Wildman–Crippen LogP) is 5.71. The van der Waals surface area contributed by atoms with Crippen LogP contribution in [0.5, 0.6) is 0 Å². The van der Waals surface area contributed by atoms with E-state index in [0.717, 1.165) is 47.6 Å². The Labute approximate surface area is 141 Å². The van der Waals surface area contributed by atoms with Crippen LogP contribution in [-0.2, 0) is 0 Å². The maximum Gasteiger partial charge on any atom is 0.123 e. The van der Waals surface area contributed by atoms with E-state index in [9.17, 15) is 4.39 Å². The number of hydrogen-bond acceptors (Lipinski definition) is 1. The molecule has 0 amide bonds. The standard InChI is InChI=1S/C21H19FN2/c22-18-13-11-16(12-14-18)20-19(15-7-3-1-4-8-15)23-21(24-20)17-9-5-2-6-10-17/h1-5,7-8,11-14,17H,6,9-10H2,(H,23,24)/t17-/m0/s1. The van der Waals surface area contributed by atoms with Crippen LogP contribution >= 0.6 is 0 Å². The molecule has 1 aromatic heterocycles. The lowest BCUT2D eigenvalue weighted by molar-refractivity contribution is 0.589. The number of allylic oxidation sites excluding steroid dienone is 2. The van der Waals surface area contributed by atoms with E-state index >= 15 is 0 Å². The number of nitrogens with zero attached hydrogens (tertiary/aromatic N) is 1. The van der Waals surface area contributed by atoms with Crippen molar-refractivity contribution in [3.05, 3.63) is 78.4 Å². The van der Waals surface area contributed by atoms with Gasteiger partial charge in [-0.2, -0.15) is 0 Å². The SMILES string of the molecule is Fc1ccc(-c2[nH]c([C@H]3CC=CCC3)nc2-c2ccccc2)cc1. The quantitative estimate of drug-likeness (QED) is 0.616. The van der Waals surface area contributed by atoms with Gasteiger partial charge in [-0.15, -0.1) is 0 Å². The lowest BCUT2D eigenvalue weighted by Crippen LogP contribution is -2.02. The summed E-state index contributed by atoms with van der Waals surface area (Å²) in [6, 6.07) is 16.8. The van der Waals surface area contributed by atoms with Crippen LogP contribution in [0, 0.1) is 5.82 Å². The highest BCUT2D eigenvalue weighted by atomic mass is 19.1. The number of hydrogen-bond donors (Lipinski definition) is 1. The number of nitrogens with one attached hydrogen (secondary N) is 1. The summed E-state index contributed by atoms with van der Waals surface area (Å²) in [5.41, 5.74) is 3.93. The summed E-state index contributed by atoms with van der Waals surface area (Å²) in [7, 11) is 0. The molecule has 0 unspecified atom stereocenters. The van der Waals surface area contributed by atoms with Crippen molar-refractivity contribution in [3.8, 4) is 22.5 Å². The van der Waals surface area contributed by atoms with Crippen molar-refractivity contribution in [1.29, 1.82) is 0 Å². The summed E-state index contributed by atoms with van der Waals surface area (Å²) in [5, 5.41) is 0. The molecule has 1 aliphatic carbocycles. The Morgan fingerprint density at radius 3 is 2.42 bits per heavy atom. The van der Waals surface area contributed by atoms with Crippen molar-refractivity contribution in [2.24, 2.45) is 0 Å². The maximum absolute atomic E-state index is 13.3. The smallest absolute Gasteiger partial charge is 0.123 e. The van der Waals surface area contributed by atoms with Crippen LogP contribution in [0.4, 0.5) is 4.39 Å². The van der Waals surface area contributed by atoms with Crippen LogP contribution in [-0.4, -0.2) is 9.97 Å². The van der Waals surface area contributed by atoms with Gasteiger partial charge in [0.05, 0.1) is 11.4 Å². The first kappa shape index (κ1) is 14.9. The molecule has 1 N–H and O–H groups in total. The second-order valence-electron chi connectivity index (χ2n) is 6.20. The number of aromatic amines is 1. The zero-order valence-corrected chi connectivity index (χ0v) is 13.4. The van der Waals surface area contributed by atoms with Gasteiger partial charge in [-0.05, 0) is 43.5 Å². The molecule has 3 heteroatoms. The third kappa shape index (κ3) is 2.90. The van der Waals surface area contributed by atoms with Crippen LogP contribution in [0.15, 0.2) is 66.7 Å². The molecule has 2 nitrogen and oxygen atoms in total. The molecule has 0 aliphatic heterocycles. The molecule has 0 radical (unpaired) electrons. The minimum absolute atomic E-state index is 0.225. The summed E-state index contributed by atoms with van der Waals surface area (Å²) in [4.78, 5) is 8.44. The topological polar surface area (TPSA) is 28.7 Å². The van der Waals surface area contributed by atoms with E-state index in [1.54, 1.807) is 12.1 Å². The normalized spacial score (nSPS) is 17.1. The summed E-state index contributed by atoms with van der Waals surface area (Å²) in [5.74, 6) is 1.22. The molecule has 0 saturated carbocycles. The van der Waals surface area contributed by atoms with Gasteiger partial charge in [0.25, 0.3) is 0 Å². The van der Waals surface area contributed by atoms with Crippen LogP contribution in [0.1, 0.15) is 31.0 Å². The third-order valence-corrected chi connectivity index (χ3v) is 4.56. The van der Waals surface area contributed by atoms with Gasteiger partial charge < -0.3 is 4.98 Å². The van der Waals surface area contributed by atoms with Crippen molar-refractivity contribution < 1.29 is 4.39 Å². The van der Waals surface area contributed by atoms with Crippen molar-refractivity contribution in [2.45, 2.75) is 25.2 Å². The molecule has 4 rings (SSSR count). The Morgan fingerprint density at radius 1 is 0.917 bits per heavy atom. The predicted molar refractivity (Wildman–Crippen MR) is 95.1 cm³/mol. The first-order valence-corrected chi connectivity index (χ1v) is 8.37. The molecule has 0 saturated heterocycles. The molecule has 120 valence electrons. The fourth-order valence-corrected chi connectivity index (χ4v) is 3.26. The van der Waals surface area contributed by atoms with Gasteiger partial charge in [-0.3, -0.25) is 0 Å². The van der Waals surface area contributed by atoms with Crippen LogP contribution in [0.3, 0.4) is 0 Å². The van der Waals surface area contributed by atoms with E-state index in [-0.39, 0.29) is 5.82 Å². The van der Waals surface area contributed by atoms with Crippen molar-refractivity contribution in [2.75, 3.05) is 0 Å². The fraction of sp³-hybridized carbons (Fsp3) is 0.190. The Kier molecular flexibility index (Phi) is 3.99. The Morgan fingerprint density at radius 2 is 1.71 bits per heavy atom. The molecule has 3 aromatic rings. The molecule has 0 fully saturated rings. The van der Waals surface area contributed by atoms with Gasteiger partial charge in [0.2, 0.25) is 0 Å². The van der Waals surface area contributed by atoms with Gasteiger partial charge in [-0.25, -0.2) is 9.37 Å². The van der Waals surface area contributed by atoms with E-state index in [0.29, 0.717) is 5.92 Å². The number of halogens is 1. The molecule has 0 spiro atoms. The van der Waals surface area contributed by atoms with Gasteiger partial charge in [0.1, 0.15) is 11.6 Å². The maximum atomic E-state index is 13.3. The zero-order valence-electron chi connectivity index (χ0n) is 13.4. The monoisotopic (exact) mass is 318 g/mol. The summed E-state index contributed by atoms with van der Waals surface area (Å²) in [6.45, 7) is 0. The second kappa shape index (κ2) is 6.44. The average molecular weight is 318 g/mol. The van der Waals surface area contributed by atoms with Crippen molar-refractivity contribution >= 4 is 0 Å². The number of benzene rings is 2. The van der Waals surface area contributed by atoms with Crippen molar-refractivity contribution in [1.82, 2.24) is 9.97 Å². The Hall–Kier alpha value is -2.68. The van der Waals surface area contributed by atoms with Gasteiger partial charge in [-0.1, -0.05) is 42.5 Å². The largest absolute Gasteiger partial charge is 0.341 e. The number of aromatic nitrogens is 2. The first-order valence-electron chi connectivity index (χ1n) is 8.37. The molecular weight excluding hydrogens is 299 g/mol. The van der Waals surface area contributed by atoms with E-state index in [1.165, 1.54) is 12.1 Å². The van der Waals surface area contributed by atoms with Crippen LogP contribution in [0.2, 0.25) is 0 Å². The second-order valence-corrected chi connectivity index (χ2v) is 6.20. The molecule has 2 aromatic carbocycles. The van der Waals surface area contributed by atoms with Crippen LogP contribution in [0.25, 0.3) is 22.5 Å². The highest BCUT2D eigenvalue weighted by Crippen LogP contribution is 2.35. The highest BCUT2D eigenvalue weighted by molar-refractivity contribution is 5.78. The van der Waals surface area contributed by atoms with Gasteiger partial charge in [0, 0.05) is 17.0 Å². The van der Waals surface area contributed by atoms with Gasteiger partial charge >= 0.3 is 0 Å². The van der Waals surface area contributed by atoms with E-state index in [2.05, 4.69) is 29.3 Å². The zero-order chi connectivity index (χ0) is 16.4. The molecule has 1 atom stereocenters. The van der Waals surface area contributed by atoms with E-state index in [1.807, 2.05) is 18.2 Å². The summed E-state index contributed by atoms with van der Waals surface area (Å²) >= 11 is 0. The number of rotatable bonds is 3. The fourth-order valence-electron chi connectivity index (χ4n) is 3.26. The van der Waals surface area contributed by atoms with Crippen LogP contribution < -0.4 is 0 Å².